The number of benzene rings is 1. The molecule has 0 spiro atoms. The minimum Gasteiger partial charge on any atom is -0.465 e. The highest BCUT2D eigenvalue weighted by atomic mass is 32.1. The molecule has 2 aromatic rings. The van der Waals surface area contributed by atoms with Gasteiger partial charge in [0.15, 0.2) is 0 Å². The lowest BCUT2D eigenvalue weighted by Gasteiger charge is -2.12. The smallest absolute Gasteiger partial charge is 0.404 e. The van der Waals surface area contributed by atoms with Crippen molar-refractivity contribution >= 4 is 29.0 Å². The third-order valence-electron chi connectivity index (χ3n) is 2.86. The van der Waals surface area contributed by atoms with Crippen LogP contribution < -0.4 is 10.6 Å². The summed E-state index contributed by atoms with van der Waals surface area (Å²) in [6.07, 6.45) is -1.11. The number of hydrogen-bond acceptors (Lipinski definition) is 4. The fourth-order valence-corrected chi connectivity index (χ4v) is 2.73. The van der Waals surface area contributed by atoms with E-state index in [1.165, 1.54) is 18.3 Å². The third kappa shape index (κ3) is 3.79. The molecule has 0 radical (unpaired) electrons. The Morgan fingerprint density at radius 2 is 2.14 bits per heavy atom. The molecule has 0 saturated heterocycles. The van der Waals surface area contributed by atoms with Gasteiger partial charge in [0, 0.05) is 19.2 Å². The highest BCUT2D eigenvalue weighted by Gasteiger charge is 2.10. The van der Waals surface area contributed by atoms with Crippen molar-refractivity contribution in [2.75, 3.05) is 5.32 Å². The highest BCUT2D eigenvalue weighted by Crippen LogP contribution is 2.30. The van der Waals surface area contributed by atoms with Crippen LogP contribution in [0.1, 0.15) is 18.2 Å². The number of carboxylic acid groups (broad SMARTS) is 1. The molecule has 0 saturated carbocycles. The SMILES string of the molecule is CC(=O)Nc1cc(-c2scnc2C)ccc1CNC(=O)O. The molecular formula is C14H15N3O3S. The quantitative estimate of drug-likeness (QED) is 0.810. The maximum atomic E-state index is 11.3. The van der Waals surface area contributed by atoms with Crippen LogP contribution in [0.25, 0.3) is 10.4 Å². The van der Waals surface area contributed by atoms with Crippen LogP contribution in [-0.4, -0.2) is 22.1 Å². The first-order valence-corrected chi connectivity index (χ1v) is 7.13. The van der Waals surface area contributed by atoms with Gasteiger partial charge in [0.1, 0.15) is 0 Å². The van der Waals surface area contributed by atoms with E-state index in [-0.39, 0.29) is 12.5 Å². The summed E-state index contributed by atoms with van der Waals surface area (Å²) in [4.78, 5) is 27.1. The van der Waals surface area contributed by atoms with Crippen LogP contribution in [-0.2, 0) is 11.3 Å². The molecule has 0 bridgehead atoms. The van der Waals surface area contributed by atoms with Gasteiger partial charge < -0.3 is 15.7 Å². The van der Waals surface area contributed by atoms with Crippen molar-refractivity contribution in [2.24, 2.45) is 0 Å². The molecule has 7 heteroatoms. The van der Waals surface area contributed by atoms with Crippen molar-refractivity contribution in [3.05, 3.63) is 35.0 Å². The number of aromatic nitrogens is 1. The summed E-state index contributed by atoms with van der Waals surface area (Å²) >= 11 is 1.52. The summed E-state index contributed by atoms with van der Waals surface area (Å²) in [5, 5.41) is 13.7. The third-order valence-corrected chi connectivity index (χ3v) is 3.84. The lowest BCUT2D eigenvalue weighted by molar-refractivity contribution is -0.114. The average Bonchev–Trinajstić information content (AvgIpc) is 2.82. The summed E-state index contributed by atoms with van der Waals surface area (Å²) < 4.78 is 0. The molecule has 0 atom stereocenters. The number of amides is 2. The van der Waals surface area contributed by atoms with E-state index in [0.717, 1.165) is 16.1 Å². The Morgan fingerprint density at radius 3 is 2.71 bits per heavy atom. The zero-order chi connectivity index (χ0) is 15.4. The predicted octanol–water partition coefficient (Wildman–Crippen LogP) is 2.84. The zero-order valence-corrected chi connectivity index (χ0v) is 12.5. The first-order valence-electron chi connectivity index (χ1n) is 6.25. The van der Waals surface area contributed by atoms with Crippen molar-refractivity contribution < 1.29 is 14.7 Å². The van der Waals surface area contributed by atoms with Gasteiger partial charge in [0.25, 0.3) is 0 Å². The number of aryl methyl sites for hydroxylation is 1. The molecule has 0 unspecified atom stereocenters. The number of hydrogen-bond donors (Lipinski definition) is 3. The Kier molecular flexibility index (Phi) is 4.54. The molecule has 2 rings (SSSR count). The Hall–Kier alpha value is -2.41. The van der Waals surface area contributed by atoms with E-state index in [0.29, 0.717) is 11.3 Å². The number of nitrogens with one attached hydrogen (secondary N) is 2. The fourth-order valence-electron chi connectivity index (χ4n) is 1.93. The molecule has 21 heavy (non-hydrogen) atoms. The van der Waals surface area contributed by atoms with Crippen molar-refractivity contribution in [3.8, 4) is 10.4 Å². The van der Waals surface area contributed by atoms with Crippen LogP contribution in [0.4, 0.5) is 10.5 Å². The summed E-state index contributed by atoms with van der Waals surface area (Å²) in [5.74, 6) is -0.204. The largest absolute Gasteiger partial charge is 0.465 e. The molecule has 3 N–H and O–H groups in total. The normalized spacial score (nSPS) is 10.2. The standard InChI is InChI=1S/C14H15N3O3S/c1-8-13(21-7-16-8)10-3-4-11(6-15-14(19)20)12(5-10)17-9(2)18/h3-5,7,15H,6H2,1-2H3,(H,17,18)(H,19,20). The second-order valence-electron chi connectivity index (χ2n) is 4.48. The monoisotopic (exact) mass is 305 g/mol. The van der Waals surface area contributed by atoms with Gasteiger partial charge in [-0.2, -0.15) is 0 Å². The molecule has 110 valence electrons. The van der Waals surface area contributed by atoms with Crippen molar-refractivity contribution in [1.82, 2.24) is 10.3 Å². The zero-order valence-electron chi connectivity index (χ0n) is 11.6. The predicted molar refractivity (Wildman–Crippen MR) is 81.5 cm³/mol. The number of anilines is 1. The lowest BCUT2D eigenvalue weighted by atomic mass is 10.1. The van der Waals surface area contributed by atoms with Crippen LogP contribution in [0.3, 0.4) is 0 Å². The van der Waals surface area contributed by atoms with E-state index in [1.54, 1.807) is 11.6 Å². The van der Waals surface area contributed by atoms with Crippen molar-refractivity contribution in [3.63, 3.8) is 0 Å². The van der Waals surface area contributed by atoms with E-state index in [9.17, 15) is 9.59 Å². The molecule has 0 aliphatic rings. The van der Waals surface area contributed by atoms with Gasteiger partial charge in [-0.1, -0.05) is 12.1 Å². The van der Waals surface area contributed by atoms with E-state index in [1.807, 2.05) is 19.1 Å². The van der Waals surface area contributed by atoms with Gasteiger partial charge in [-0.3, -0.25) is 4.79 Å². The molecule has 0 aliphatic heterocycles. The minimum absolute atomic E-state index is 0.132. The number of carbonyl (C=O) groups excluding carboxylic acids is 1. The number of nitrogens with zero attached hydrogens (tertiary/aromatic N) is 1. The molecule has 1 heterocycles. The Morgan fingerprint density at radius 1 is 1.38 bits per heavy atom. The molecular weight excluding hydrogens is 290 g/mol. The molecule has 6 nitrogen and oxygen atoms in total. The molecule has 1 aromatic carbocycles. The van der Waals surface area contributed by atoms with E-state index in [4.69, 9.17) is 5.11 Å². The highest BCUT2D eigenvalue weighted by molar-refractivity contribution is 7.13. The summed E-state index contributed by atoms with van der Waals surface area (Å²) in [5.41, 5.74) is 4.94. The summed E-state index contributed by atoms with van der Waals surface area (Å²) in [6.45, 7) is 3.47. The first-order chi connectivity index (χ1) is 9.97. The van der Waals surface area contributed by atoms with Crippen LogP contribution in [0.15, 0.2) is 23.7 Å². The number of thiazole rings is 1. The van der Waals surface area contributed by atoms with E-state index in [2.05, 4.69) is 15.6 Å². The van der Waals surface area contributed by atoms with Crippen LogP contribution in [0.5, 0.6) is 0 Å². The lowest BCUT2D eigenvalue weighted by Crippen LogP contribution is -2.21. The maximum Gasteiger partial charge on any atom is 0.404 e. The van der Waals surface area contributed by atoms with Crippen LogP contribution in [0.2, 0.25) is 0 Å². The van der Waals surface area contributed by atoms with Gasteiger partial charge in [0.2, 0.25) is 5.91 Å². The molecule has 0 aliphatic carbocycles. The Labute approximate surface area is 125 Å². The fraction of sp³-hybridized carbons (Fsp3) is 0.214. The topological polar surface area (TPSA) is 91.3 Å². The molecule has 1 aromatic heterocycles. The number of carbonyl (C=O) groups is 2. The van der Waals surface area contributed by atoms with Gasteiger partial charge >= 0.3 is 6.09 Å². The average molecular weight is 305 g/mol. The van der Waals surface area contributed by atoms with Crippen molar-refractivity contribution in [1.29, 1.82) is 0 Å². The van der Waals surface area contributed by atoms with Gasteiger partial charge in [-0.05, 0) is 24.1 Å². The van der Waals surface area contributed by atoms with Crippen LogP contribution in [0, 0.1) is 6.92 Å². The summed E-state index contributed by atoms with van der Waals surface area (Å²) in [7, 11) is 0. The second-order valence-corrected chi connectivity index (χ2v) is 5.33. The number of rotatable bonds is 4. The minimum atomic E-state index is -1.11. The Balaban J connectivity index is 2.36. The first kappa shape index (κ1) is 15.0. The molecule has 0 fully saturated rings. The van der Waals surface area contributed by atoms with Crippen molar-refractivity contribution in [2.45, 2.75) is 20.4 Å². The summed E-state index contributed by atoms with van der Waals surface area (Å²) in [6, 6.07) is 5.53. The van der Waals surface area contributed by atoms with Gasteiger partial charge in [-0.25, -0.2) is 9.78 Å². The second kappa shape index (κ2) is 6.36. The van der Waals surface area contributed by atoms with E-state index < -0.39 is 6.09 Å². The molecule has 2 amide bonds. The van der Waals surface area contributed by atoms with Crippen LogP contribution >= 0.6 is 11.3 Å². The van der Waals surface area contributed by atoms with E-state index >= 15 is 0 Å². The van der Waals surface area contributed by atoms with Gasteiger partial charge in [-0.15, -0.1) is 11.3 Å². The van der Waals surface area contributed by atoms with Gasteiger partial charge in [0.05, 0.1) is 16.1 Å². The maximum absolute atomic E-state index is 11.3. The Bertz CT molecular complexity index is 682.